The second-order valence-corrected chi connectivity index (χ2v) is 6.99. The van der Waals surface area contributed by atoms with Crippen LogP contribution in [0.2, 0.25) is 0 Å². The number of carboxylic acids is 1. The van der Waals surface area contributed by atoms with Crippen LogP contribution >= 0.6 is 0 Å². The summed E-state index contributed by atoms with van der Waals surface area (Å²) in [5, 5.41) is 8.90. The van der Waals surface area contributed by atoms with Gasteiger partial charge in [0.1, 0.15) is 6.54 Å². The van der Waals surface area contributed by atoms with Crippen LogP contribution in [0.4, 0.5) is 0 Å². The molecule has 0 spiro atoms. The Labute approximate surface area is 134 Å². The van der Waals surface area contributed by atoms with E-state index in [1.54, 1.807) is 0 Å². The lowest BCUT2D eigenvalue weighted by molar-refractivity contribution is -0.137. The number of amides is 1. The van der Waals surface area contributed by atoms with Crippen molar-refractivity contribution in [1.29, 1.82) is 0 Å². The van der Waals surface area contributed by atoms with Crippen LogP contribution in [0.3, 0.4) is 0 Å². The minimum absolute atomic E-state index is 0.0344. The van der Waals surface area contributed by atoms with Gasteiger partial charge in [-0.2, -0.15) is 0 Å². The van der Waals surface area contributed by atoms with E-state index >= 15 is 0 Å². The normalized spacial score (nSPS) is 14.3. The van der Waals surface area contributed by atoms with Crippen molar-refractivity contribution >= 4 is 21.9 Å². The SMILES string of the molecule is C=CCNS(=O)(=O)c1ccc(C(=O)N(CC(=O)O)C2CC2)cc1. The molecule has 1 saturated carbocycles. The lowest BCUT2D eigenvalue weighted by Gasteiger charge is -2.20. The molecule has 1 aliphatic rings. The first kappa shape index (κ1) is 17.2. The van der Waals surface area contributed by atoms with Crippen molar-refractivity contribution in [2.24, 2.45) is 0 Å². The third kappa shape index (κ3) is 4.40. The Morgan fingerprint density at radius 2 is 1.91 bits per heavy atom. The number of rotatable bonds is 8. The van der Waals surface area contributed by atoms with E-state index in [4.69, 9.17) is 5.11 Å². The molecule has 8 heteroatoms. The van der Waals surface area contributed by atoms with Crippen LogP contribution in [0.25, 0.3) is 0 Å². The predicted octanol–water partition coefficient (Wildman–Crippen LogP) is 0.840. The van der Waals surface area contributed by atoms with Gasteiger partial charge in [-0.15, -0.1) is 6.58 Å². The Morgan fingerprint density at radius 1 is 1.30 bits per heavy atom. The smallest absolute Gasteiger partial charge is 0.323 e. The zero-order valence-corrected chi connectivity index (χ0v) is 13.3. The molecule has 1 aromatic carbocycles. The molecule has 23 heavy (non-hydrogen) atoms. The summed E-state index contributed by atoms with van der Waals surface area (Å²) in [7, 11) is -3.65. The first-order chi connectivity index (χ1) is 10.8. The van der Waals surface area contributed by atoms with Gasteiger partial charge in [-0.3, -0.25) is 9.59 Å². The standard InChI is InChI=1S/C15H18N2O5S/c1-2-9-16-23(21,22)13-7-3-11(4-8-13)15(20)17(10-14(18)19)12-5-6-12/h2-4,7-8,12,16H,1,5-6,9-10H2,(H,18,19). The molecule has 1 amide bonds. The predicted molar refractivity (Wildman–Crippen MR) is 83.5 cm³/mol. The molecule has 0 saturated heterocycles. The Kier molecular flexibility index (Phi) is 5.17. The molecule has 0 aliphatic heterocycles. The van der Waals surface area contributed by atoms with E-state index in [9.17, 15) is 18.0 Å². The Balaban J connectivity index is 2.16. The van der Waals surface area contributed by atoms with Crippen molar-refractivity contribution < 1.29 is 23.1 Å². The van der Waals surface area contributed by atoms with Crippen LogP contribution < -0.4 is 4.72 Å². The summed E-state index contributed by atoms with van der Waals surface area (Å²) >= 11 is 0. The number of benzene rings is 1. The number of carbonyl (C=O) groups is 2. The molecular weight excluding hydrogens is 320 g/mol. The average Bonchev–Trinajstić information content (AvgIpc) is 3.35. The number of carbonyl (C=O) groups excluding carboxylic acids is 1. The summed E-state index contributed by atoms with van der Waals surface area (Å²) < 4.78 is 26.2. The van der Waals surface area contributed by atoms with Gasteiger partial charge in [-0.1, -0.05) is 6.08 Å². The minimum Gasteiger partial charge on any atom is -0.480 e. The third-order valence-corrected chi connectivity index (χ3v) is 4.82. The summed E-state index contributed by atoms with van der Waals surface area (Å²) in [6.07, 6.45) is 3.00. The van der Waals surface area contributed by atoms with Gasteiger partial charge >= 0.3 is 5.97 Å². The summed E-state index contributed by atoms with van der Waals surface area (Å²) in [4.78, 5) is 24.6. The maximum Gasteiger partial charge on any atom is 0.323 e. The maximum atomic E-state index is 12.4. The number of carboxylic acid groups (broad SMARTS) is 1. The Morgan fingerprint density at radius 3 is 2.39 bits per heavy atom. The van der Waals surface area contributed by atoms with Gasteiger partial charge < -0.3 is 10.0 Å². The van der Waals surface area contributed by atoms with Gasteiger partial charge in [0.2, 0.25) is 10.0 Å². The molecule has 1 aromatic rings. The van der Waals surface area contributed by atoms with Gasteiger partial charge in [-0.05, 0) is 37.1 Å². The Bertz CT molecular complexity index is 708. The van der Waals surface area contributed by atoms with E-state index < -0.39 is 21.9 Å². The Hall–Kier alpha value is -2.19. The minimum atomic E-state index is -3.65. The molecule has 0 bridgehead atoms. The largest absolute Gasteiger partial charge is 0.480 e. The van der Waals surface area contributed by atoms with Gasteiger partial charge in [0, 0.05) is 18.2 Å². The number of hydrogen-bond acceptors (Lipinski definition) is 4. The number of sulfonamides is 1. The number of nitrogens with zero attached hydrogens (tertiary/aromatic N) is 1. The summed E-state index contributed by atoms with van der Waals surface area (Å²) in [5.74, 6) is -1.48. The topological polar surface area (TPSA) is 104 Å². The van der Waals surface area contributed by atoms with Gasteiger partial charge in [-0.25, -0.2) is 13.1 Å². The van der Waals surface area contributed by atoms with Crippen LogP contribution in [0, 0.1) is 0 Å². The van der Waals surface area contributed by atoms with E-state index in [2.05, 4.69) is 11.3 Å². The molecule has 7 nitrogen and oxygen atoms in total. The van der Waals surface area contributed by atoms with Crippen LogP contribution in [-0.4, -0.2) is 49.4 Å². The van der Waals surface area contributed by atoms with Crippen LogP contribution in [0.15, 0.2) is 41.8 Å². The van der Waals surface area contributed by atoms with Crippen LogP contribution in [0.5, 0.6) is 0 Å². The van der Waals surface area contributed by atoms with Crippen molar-refractivity contribution in [1.82, 2.24) is 9.62 Å². The molecule has 2 N–H and O–H groups in total. The molecule has 1 aliphatic carbocycles. The number of aliphatic carboxylic acids is 1. The van der Waals surface area contributed by atoms with Gasteiger partial charge in [0.05, 0.1) is 4.90 Å². The van der Waals surface area contributed by atoms with Gasteiger partial charge in [0.25, 0.3) is 5.91 Å². The first-order valence-corrected chi connectivity index (χ1v) is 8.57. The molecule has 0 unspecified atom stereocenters. The maximum absolute atomic E-state index is 12.4. The highest BCUT2D eigenvalue weighted by Crippen LogP contribution is 2.28. The third-order valence-electron chi connectivity index (χ3n) is 3.38. The molecule has 0 aromatic heterocycles. The van der Waals surface area contributed by atoms with Crippen molar-refractivity contribution in [3.63, 3.8) is 0 Å². The van der Waals surface area contributed by atoms with Crippen molar-refractivity contribution in [3.8, 4) is 0 Å². The second-order valence-electron chi connectivity index (χ2n) is 5.22. The van der Waals surface area contributed by atoms with E-state index in [1.807, 2.05) is 0 Å². The summed E-state index contributed by atoms with van der Waals surface area (Å²) in [6.45, 7) is 3.19. The molecule has 1 fully saturated rings. The van der Waals surface area contributed by atoms with Gasteiger partial charge in [0.15, 0.2) is 0 Å². The quantitative estimate of drug-likeness (QED) is 0.684. The highest BCUT2D eigenvalue weighted by Gasteiger charge is 2.34. The molecule has 124 valence electrons. The summed E-state index contributed by atoms with van der Waals surface area (Å²) in [6, 6.07) is 5.38. The van der Waals surface area contributed by atoms with E-state index in [0.717, 1.165) is 12.8 Å². The first-order valence-electron chi connectivity index (χ1n) is 7.08. The lowest BCUT2D eigenvalue weighted by atomic mass is 10.2. The molecular formula is C15H18N2O5S. The van der Waals surface area contributed by atoms with Crippen molar-refractivity contribution in [2.45, 2.75) is 23.8 Å². The second kappa shape index (κ2) is 6.93. The fourth-order valence-corrected chi connectivity index (χ4v) is 3.09. The number of hydrogen-bond donors (Lipinski definition) is 2. The monoisotopic (exact) mass is 338 g/mol. The zero-order chi connectivity index (χ0) is 17.0. The lowest BCUT2D eigenvalue weighted by Crippen LogP contribution is -2.37. The van der Waals surface area contributed by atoms with Crippen LogP contribution in [-0.2, 0) is 14.8 Å². The van der Waals surface area contributed by atoms with E-state index in [1.165, 1.54) is 35.2 Å². The number of nitrogens with one attached hydrogen (secondary N) is 1. The van der Waals surface area contributed by atoms with E-state index in [-0.39, 0.29) is 29.6 Å². The molecule has 0 heterocycles. The van der Waals surface area contributed by atoms with Crippen molar-refractivity contribution in [2.75, 3.05) is 13.1 Å². The molecule has 2 rings (SSSR count). The van der Waals surface area contributed by atoms with Crippen LogP contribution in [0.1, 0.15) is 23.2 Å². The average molecular weight is 338 g/mol. The molecule has 0 atom stereocenters. The summed E-state index contributed by atoms with van der Waals surface area (Å²) in [5.41, 5.74) is 0.265. The van der Waals surface area contributed by atoms with Crippen molar-refractivity contribution in [3.05, 3.63) is 42.5 Å². The fraction of sp³-hybridized carbons (Fsp3) is 0.333. The highest BCUT2D eigenvalue weighted by molar-refractivity contribution is 7.89. The fourth-order valence-electron chi connectivity index (χ4n) is 2.09. The highest BCUT2D eigenvalue weighted by atomic mass is 32.2. The van der Waals surface area contributed by atoms with E-state index in [0.29, 0.717) is 0 Å². The zero-order valence-electron chi connectivity index (χ0n) is 12.4. The molecule has 0 radical (unpaired) electrons.